The summed E-state index contributed by atoms with van der Waals surface area (Å²) >= 11 is 0. The number of hydrogen-bond donors (Lipinski definition) is 0. The minimum absolute atomic E-state index is 0.155. The molecule has 0 bridgehead atoms. The van der Waals surface area contributed by atoms with Crippen LogP contribution >= 0.6 is 0 Å². The first-order chi connectivity index (χ1) is 13.5. The van der Waals surface area contributed by atoms with E-state index >= 15 is 0 Å². The highest BCUT2D eigenvalue weighted by Crippen LogP contribution is 2.30. The van der Waals surface area contributed by atoms with Gasteiger partial charge in [-0.15, -0.1) is 0 Å². The van der Waals surface area contributed by atoms with Gasteiger partial charge in [0.2, 0.25) is 20.0 Å². The Kier molecular flexibility index (Phi) is 5.59. The SMILES string of the molecule is CN(C)S(=O)(=O)c1ccc(-c2nonc2-c2ccc(S(=O)(=O)N(C)C)cc2)cc1. The fraction of sp³-hybridized carbons (Fsp3) is 0.222. The van der Waals surface area contributed by atoms with Crippen LogP contribution in [0.25, 0.3) is 22.5 Å². The smallest absolute Gasteiger partial charge is 0.242 e. The van der Waals surface area contributed by atoms with Gasteiger partial charge in [-0.3, -0.25) is 0 Å². The van der Waals surface area contributed by atoms with Crippen molar-refractivity contribution in [3.63, 3.8) is 0 Å². The van der Waals surface area contributed by atoms with Crippen molar-refractivity contribution in [2.45, 2.75) is 9.79 Å². The maximum atomic E-state index is 12.2. The molecule has 0 saturated heterocycles. The number of aromatic nitrogens is 2. The van der Waals surface area contributed by atoms with Crippen LogP contribution in [-0.2, 0) is 20.0 Å². The molecule has 9 nitrogen and oxygen atoms in total. The number of hydrogen-bond acceptors (Lipinski definition) is 7. The zero-order chi connectivity index (χ0) is 21.4. The summed E-state index contributed by atoms with van der Waals surface area (Å²) in [5, 5.41) is 7.83. The summed E-state index contributed by atoms with van der Waals surface area (Å²) in [6.45, 7) is 0. The normalized spacial score (nSPS) is 12.6. The molecule has 0 amide bonds. The first kappa shape index (κ1) is 21.1. The molecule has 0 aliphatic rings. The lowest BCUT2D eigenvalue weighted by atomic mass is 10.1. The lowest BCUT2D eigenvalue weighted by Gasteiger charge is -2.12. The van der Waals surface area contributed by atoms with E-state index in [4.69, 9.17) is 4.63 Å². The molecule has 3 aromatic rings. The first-order valence-electron chi connectivity index (χ1n) is 8.43. The summed E-state index contributed by atoms with van der Waals surface area (Å²) in [7, 11) is -1.23. The van der Waals surface area contributed by atoms with Gasteiger partial charge in [-0.25, -0.2) is 30.1 Å². The van der Waals surface area contributed by atoms with Gasteiger partial charge in [0.05, 0.1) is 9.79 Å². The number of benzene rings is 2. The highest BCUT2D eigenvalue weighted by atomic mass is 32.2. The number of nitrogens with zero attached hydrogens (tertiary/aromatic N) is 4. The van der Waals surface area contributed by atoms with Gasteiger partial charge in [0.15, 0.2) is 0 Å². The fourth-order valence-corrected chi connectivity index (χ4v) is 4.36. The molecular formula is C18H20N4O5S2. The Morgan fingerprint density at radius 3 is 1.21 bits per heavy atom. The second-order valence-corrected chi connectivity index (χ2v) is 10.9. The minimum Gasteiger partial charge on any atom is -0.243 e. The van der Waals surface area contributed by atoms with Crippen molar-refractivity contribution in [3.8, 4) is 22.5 Å². The Morgan fingerprint density at radius 2 is 0.931 bits per heavy atom. The molecule has 0 aliphatic carbocycles. The molecule has 0 aliphatic heterocycles. The third kappa shape index (κ3) is 3.94. The standard InChI is InChI=1S/C18H20N4O5S2/c1-21(2)28(23,24)15-9-5-13(6-10-15)17-18(20-27-19-17)14-7-11-16(12-8-14)29(25,26)22(3)4/h5-12H,1-4H3. The summed E-state index contributed by atoms with van der Waals surface area (Å²) in [4.78, 5) is 0.310. The predicted octanol–water partition coefficient (Wildman–Crippen LogP) is 1.90. The van der Waals surface area contributed by atoms with Crippen molar-refractivity contribution >= 4 is 20.0 Å². The van der Waals surface area contributed by atoms with Crippen molar-refractivity contribution in [1.29, 1.82) is 0 Å². The first-order valence-corrected chi connectivity index (χ1v) is 11.3. The lowest BCUT2D eigenvalue weighted by molar-refractivity contribution is 0.310. The van der Waals surface area contributed by atoms with Crippen LogP contribution in [0, 0.1) is 0 Å². The number of rotatable bonds is 6. The molecule has 3 rings (SSSR count). The summed E-state index contributed by atoms with van der Waals surface area (Å²) in [5.74, 6) is 0. The van der Waals surface area contributed by atoms with E-state index in [0.29, 0.717) is 22.5 Å². The van der Waals surface area contributed by atoms with E-state index in [2.05, 4.69) is 10.3 Å². The maximum Gasteiger partial charge on any atom is 0.242 e. The third-order valence-electron chi connectivity index (χ3n) is 4.30. The van der Waals surface area contributed by atoms with Crippen molar-refractivity contribution in [2.24, 2.45) is 0 Å². The number of sulfonamides is 2. The van der Waals surface area contributed by atoms with Crippen LogP contribution < -0.4 is 0 Å². The summed E-state index contributed by atoms with van der Waals surface area (Å²) in [6.07, 6.45) is 0. The van der Waals surface area contributed by atoms with Crippen molar-refractivity contribution in [3.05, 3.63) is 48.5 Å². The van der Waals surface area contributed by atoms with Crippen LogP contribution in [-0.4, -0.2) is 64.0 Å². The Balaban J connectivity index is 1.96. The van der Waals surface area contributed by atoms with Gasteiger partial charge in [0, 0.05) is 39.3 Å². The summed E-state index contributed by atoms with van der Waals surface area (Å²) in [6, 6.07) is 12.4. The molecule has 0 N–H and O–H groups in total. The average Bonchev–Trinajstić information content (AvgIpc) is 3.17. The van der Waals surface area contributed by atoms with Gasteiger partial charge < -0.3 is 0 Å². The summed E-state index contributed by atoms with van der Waals surface area (Å²) < 4.78 is 56.0. The van der Waals surface area contributed by atoms with E-state index in [1.54, 1.807) is 24.3 Å². The molecule has 0 radical (unpaired) electrons. The molecule has 0 unspecified atom stereocenters. The zero-order valence-electron chi connectivity index (χ0n) is 16.3. The predicted molar refractivity (Wildman–Crippen MR) is 107 cm³/mol. The molecular weight excluding hydrogens is 416 g/mol. The van der Waals surface area contributed by atoms with Crippen LogP contribution in [0.2, 0.25) is 0 Å². The van der Waals surface area contributed by atoms with E-state index in [-0.39, 0.29) is 9.79 Å². The van der Waals surface area contributed by atoms with Gasteiger partial charge in [-0.05, 0) is 34.6 Å². The monoisotopic (exact) mass is 436 g/mol. The molecule has 0 spiro atoms. The quantitative estimate of drug-likeness (QED) is 0.580. The fourth-order valence-electron chi connectivity index (χ4n) is 2.56. The lowest BCUT2D eigenvalue weighted by Crippen LogP contribution is -2.22. The largest absolute Gasteiger partial charge is 0.243 e. The van der Waals surface area contributed by atoms with Crippen LogP contribution in [0.5, 0.6) is 0 Å². The molecule has 0 saturated carbocycles. The minimum atomic E-state index is -3.54. The van der Waals surface area contributed by atoms with Crippen LogP contribution in [0.15, 0.2) is 63.0 Å². The van der Waals surface area contributed by atoms with E-state index in [1.807, 2.05) is 0 Å². The van der Waals surface area contributed by atoms with Gasteiger partial charge in [0.1, 0.15) is 11.4 Å². The molecule has 1 heterocycles. The summed E-state index contributed by atoms with van der Waals surface area (Å²) in [5.41, 5.74) is 2.07. The molecule has 154 valence electrons. The van der Waals surface area contributed by atoms with Crippen molar-refractivity contribution in [2.75, 3.05) is 28.2 Å². The second kappa shape index (κ2) is 7.67. The molecule has 29 heavy (non-hydrogen) atoms. The van der Waals surface area contributed by atoms with E-state index in [1.165, 1.54) is 52.5 Å². The molecule has 2 aromatic carbocycles. The van der Waals surface area contributed by atoms with Gasteiger partial charge in [0.25, 0.3) is 0 Å². The van der Waals surface area contributed by atoms with Gasteiger partial charge in [-0.2, -0.15) is 0 Å². The maximum absolute atomic E-state index is 12.2. The van der Waals surface area contributed by atoms with E-state index in [9.17, 15) is 16.8 Å². The topological polar surface area (TPSA) is 114 Å². The molecule has 1 aromatic heterocycles. The van der Waals surface area contributed by atoms with Crippen molar-refractivity contribution < 1.29 is 21.5 Å². The van der Waals surface area contributed by atoms with E-state index < -0.39 is 20.0 Å². The molecule has 11 heteroatoms. The highest BCUT2D eigenvalue weighted by Gasteiger charge is 2.21. The van der Waals surface area contributed by atoms with Gasteiger partial charge >= 0.3 is 0 Å². The average molecular weight is 437 g/mol. The third-order valence-corrected chi connectivity index (χ3v) is 7.96. The Labute approximate surface area is 169 Å². The van der Waals surface area contributed by atoms with Crippen LogP contribution in [0.4, 0.5) is 0 Å². The Hall–Kier alpha value is -2.60. The van der Waals surface area contributed by atoms with Crippen LogP contribution in [0.3, 0.4) is 0 Å². The van der Waals surface area contributed by atoms with Gasteiger partial charge in [-0.1, -0.05) is 24.3 Å². The molecule has 0 atom stereocenters. The second-order valence-electron chi connectivity index (χ2n) is 6.59. The highest BCUT2D eigenvalue weighted by molar-refractivity contribution is 7.89. The zero-order valence-corrected chi connectivity index (χ0v) is 17.9. The van der Waals surface area contributed by atoms with Crippen LogP contribution in [0.1, 0.15) is 0 Å². The Morgan fingerprint density at radius 1 is 0.621 bits per heavy atom. The Bertz CT molecular complexity index is 1120. The van der Waals surface area contributed by atoms with E-state index in [0.717, 1.165) is 8.61 Å². The molecule has 0 fully saturated rings. The van der Waals surface area contributed by atoms with Crippen molar-refractivity contribution in [1.82, 2.24) is 18.9 Å².